The summed E-state index contributed by atoms with van der Waals surface area (Å²) < 4.78 is 0. The van der Waals surface area contributed by atoms with Crippen molar-refractivity contribution >= 4 is 5.91 Å². The normalized spacial score (nSPS) is 16.6. The molecule has 0 heterocycles. The summed E-state index contributed by atoms with van der Waals surface area (Å²) in [5, 5.41) is 12.1. The fraction of sp³-hybridized carbons (Fsp3) is 0.727. The van der Waals surface area contributed by atoms with Gasteiger partial charge in [0.25, 0.3) is 0 Å². The highest BCUT2D eigenvalue weighted by atomic mass is 16.3. The number of hydrogen-bond acceptors (Lipinski definition) is 3. The van der Waals surface area contributed by atoms with Crippen molar-refractivity contribution in [1.29, 1.82) is 0 Å². The number of rotatable bonds is 6. The molecule has 2 unspecified atom stereocenters. The Morgan fingerprint density at radius 2 is 2.20 bits per heavy atom. The number of hydrogen-bond donors (Lipinski definition) is 3. The van der Waals surface area contributed by atoms with E-state index in [-0.39, 0.29) is 12.3 Å². The van der Waals surface area contributed by atoms with Gasteiger partial charge in [0.15, 0.2) is 0 Å². The lowest BCUT2D eigenvalue weighted by atomic mass is 9.85. The van der Waals surface area contributed by atoms with Gasteiger partial charge in [-0.1, -0.05) is 12.5 Å². The number of aliphatic hydroxyl groups is 1. The first kappa shape index (κ1) is 14.1. The maximum atomic E-state index is 11.6. The van der Waals surface area contributed by atoms with E-state index in [2.05, 4.69) is 11.9 Å². The van der Waals surface area contributed by atoms with Gasteiger partial charge >= 0.3 is 0 Å². The standard InChI is InChI=1S/C11H22N2O2/c1-5-9(14)7-11(12,6-8(2)3)10(15)13-4/h9,14H,2,5-7,12H2,1,3-4H3,(H,13,15). The molecule has 0 saturated carbocycles. The lowest BCUT2D eigenvalue weighted by molar-refractivity contribution is -0.127. The average Bonchev–Trinajstić information content (AvgIpc) is 2.14. The SMILES string of the molecule is C=C(C)CC(N)(CC(O)CC)C(=O)NC. The van der Waals surface area contributed by atoms with Crippen LogP contribution in [0, 0.1) is 0 Å². The number of carbonyl (C=O) groups is 1. The summed E-state index contributed by atoms with van der Waals surface area (Å²) in [6.07, 6.45) is 0.693. The van der Waals surface area contributed by atoms with Crippen molar-refractivity contribution in [2.45, 2.75) is 44.8 Å². The van der Waals surface area contributed by atoms with Crippen molar-refractivity contribution < 1.29 is 9.90 Å². The first-order chi connectivity index (χ1) is 6.85. The lowest BCUT2D eigenvalue weighted by Gasteiger charge is -2.29. The molecule has 0 bridgehead atoms. The van der Waals surface area contributed by atoms with Crippen molar-refractivity contribution in [2.75, 3.05) is 7.05 Å². The van der Waals surface area contributed by atoms with Crippen LogP contribution in [0.2, 0.25) is 0 Å². The van der Waals surface area contributed by atoms with Gasteiger partial charge in [0.1, 0.15) is 5.54 Å². The number of likely N-dealkylation sites (N-methyl/N-ethyl adjacent to an activating group) is 1. The second-order valence-corrected chi connectivity index (χ2v) is 4.14. The third-order valence-electron chi connectivity index (χ3n) is 2.37. The van der Waals surface area contributed by atoms with Crippen molar-refractivity contribution in [3.8, 4) is 0 Å². The van der Waals surface area contributed by atoms with Gasteiger partial charge in [-0.3, -0.25) is 4.79 Å². The number of carbonyl (C=O) groups excluding carboxylic acids is 1. The molecule has 2 atom stereocenters. The minimum Gasteiger partial charge on any atom is -0.393 e. The minimum absolute atomic E-state index is 0.252. The largest absolute Gasteiger partial charge is 0.393 e. The second kappa shape index (κ2) is 5.88. The van der Waals surface area contributed by atoms with Crippen LogP contribution in [0.15, 0.2) is 12.2 Å². The molecule has 88 valence electrons. The van der Waals surface area contributed by atoms with Crippen molar-refractivity contribution in [3.05, 3.63) is 12.2 Å². The summed E-state index contributed by atoms with van der Waals surface area (Å²) in [6.45, 7) is 7.43. The van der Waals surface area contributed by atoms with E-state index in [4.69, 9.17) is 5.73 Å². The Hall–Kier alpha value is -0.870. The molecule has 0 fully saturated rings. The van der Waals surface area contributed by atoms with Crippen molar-refractivity contribution in [1.82, 2.24) is 5.32 Å². The van der Waals surface area contributed by atoms with Gasteiger partial charge in [-0.05, 0) is 19.8 Å². The average molecular weight is 214 g/mol. The predicted octanol–water partition coefficient (Wildman–Crippen LogP) is 0.557. The number of nitrogens with one attached hydrogen (secondary N) is 1. The number of amides is 1. The summed E-state index contributed by atoms with van der Waals surface area (Å²) >= 11 is 0. The molecule has 0 rings (SSSR count). The van der Waals surface area contributed by atoms with Gasteiger partial charge in [0.2, 0.25) is 5.91 Å². The molecule has 4 nitrogen and oxygen atoms in total. The van der Waals surface area contributed by atoms with Gasteiger partial charge in [-0.25, -0.2) is 0 Å². The van der Waals surface area contributed by atoms with Crippen LogP contribution in [0.3, 0.4) is 0 Å². The van der Waals surface area contributed by atoms with Gasteiger partial charge in [-0.15, -0.1) is 6.58 Å². The Bertz CT molecular complexity index is 241. The summed E-state index contributed by atoms with van der Waals surface area (Å²) in [7, 11) is 1.54. The highest BCUT2D eigenvalue weighted by Gasteiger charge is 2.34. The summed E-state index contributed by atoms with van der Waals surface area (Å²) in [4.78, 5) is 11.6. The molecule has 0 radical (unpaired) electrons. The summed E-state index contributed by atoms with van der Waals surface area (Å²) in [5.74, 6) is -0.252. The van der Waals surface area contributed by atoms with Crippen LogP contribution in [-0.4, -0.2) is 29.7 Å². The van der Waals surface area contributed by atoms with E-state index in [9.17, 15) is 9.90 Å². The Morgan fingerprint density at radius 3 is 2.53 bits per heavy atom. The Labute approximate surface area is 91.5 Å². The third kappa shape index (κ3) is 4.44. The maximum absolute atomic E-state index is 11.6. The van der Waals surface area contributed by atoms with Crippen LogP contribution in [0.5, 0.6) is 0 Å². The van der Waals surface area contributed by atoms with Crippen LogP contribution >= 0.6 is 0 Å². The molecule has 0 aliphatic carbocycles. The molecule has 0 aromatic rings. The monoisotopic (exact) mass is 214 g/mol. The van der Waals surface area contributed by atoms with Crippen molar-refractivity contribution in [2.24, 2.45) is 5.73 Å². The highest BCUT2D eigenvalue weighted by molar-refractivity contribution is 5.86. The quantitative estimate of drug-likeness (QED) is 0.565. The molecule has 0 aliphatic rings. The zero-order chi connectivity index (χ0) is 12.1. The predicted molar refractivity (Wildman–Crippen MR) is 61.3 cm³/mol. The molecule has 0 aromatic carbocycles. The number of aliphatic hydroxyl groups excluding tert-OH is 1. The first-order valence-electron chi connectivity index (χ1n) is 5.19. The molecule has 0 saturated heterocycles. The molecular weight excluding hydrogens is 192 g/mol. The van der Waals surface area contributed by atoms with Crippen LogP contribution in [-0.2, 0) is 4.79 Å². The smallest absolute Gasteiger partial charge is 0.240 e. The molecule has 0 aromatic heterocycles. The second-order valence-electron chi connectivity index (χ2n) is 4.14. The van der Waals surface area contributed by atoms with Gasteiger partial charge in [-0.2, -0.15) is 0 Å². The topological polar surface area (TPSA) is 75.3 Å². The Morgan fingerprint density at radius 1 is 1.67 bits per heavy atom. The van der Waals surface area contributed by atoms with Crippen LogP contribution in [0.25, 0.3) is 0 Å². The Kier molecular flexibility index (Phi) is 5.54. The van der Waals surface area contributed by atoms with Crippen LogP contribution in [0.1, 0.15) is 33.1 Å². The van der Waals surface area contributed by atoms with Crippen molar-refractivity contribution in [3.63, 3.8) is 0 Å². The molecule has 0 aliphatic heterocycles. The zero-order valence-electron chi connectivity index (χ0n) is 9.84. The minimum atomic E-state index is -1.05. The van der Waals surface area contributed by atoms with Crippen LogP contribution in [0.4, 0.5) is 0 Å². The van der Waals surface area contributed by atoms with Gasteiger partial charge in [0, 0.05) is 13.5 Å². The fourth-order valence-corrected chi connectivity index (χ4v) is 1.60. The van der Waals surface area contributed by atoms with Gasteiger partial charge < -0.3 is 16.2 Å². The first-order valence-corrected chi connectivity index (χ1v) is 5.19. The molecular formula is C11H22N2O2. The third-order valence-corrected chi connectivity index (χ3v) is 2.37. The summed E-state index contributed by atoms with van der Waals surface area (Å²) in [6, 6.07) is 0. The van der Waals surface area contributed by atoms with E-state index in [0.29, 0.717) is 12.8 Å². The number of nitrogens with two attached hydrogens (primary N) is 1. The van der Waals surface area contributed by atoms with E-state index in [0.717, 1.165) is 5.57 Å². The molecule has 1 amide bonds. The van der Waals surface area contributed by atoms with Crippen LogP contribution < -0.4 is 11.1 Å². The maximum Gasteiger partial charge on any atom is 0.240 e. The molecule has 4 heteroatoms. The van der Waals surface area contributed by atoms with Gasteiger partial charge in [0.05, 0.1) is 6.10 Å². The Balaban J connectivity index is 4.69. The molecule has 4 N–H and O–H groups in total. The zero-order valence-corrected chi connectivity index (χ0v) is 9.84. The van der Waals surface area contributed by atoms with E-state index in [1.54, 1.807) is 7.05 Å². The van der Waals surface area contributed by atoms with E-state index < -0.39 is 11.6 Å². The van der Waals surface area contributed by atoms with E-state index >= 15 is 0 Å². The molecule has 15 heavy (non-hydrogen) atoms. The highest BCUT2D eigenvalue weighted by Crippen LogP contribution is 2.20. The molecule has 0 spiro atoms. The summed E-state index contributed by atoms with van der Waals surface area (Å²) in [5.41, 5.74) is 5.79. The van der Waals surface area contributed by atoms with E-state index in [1.165, 1.54) is 0 Å². The lowest BCUT2D eigenvalue weighted by Crippen LogP contribution is -2.55. The fourth-order valence-electron chi connectivity index (χ4n) is 1.60. The van der Waals surface area contributed by atoms with E-state index in [1.807, 2.05) is 13.8 Å².